The molecule has 0 unspecified atom stereocenters. The first-order valence-electron chi connectivity index (χ1n) is 6.84. The van der Waals surface area contributed by atoms with E-state index in [0.29, 0.717) is 11.7 Å². The molecule has 1 nitrogen and oxygen atoms in total. The molecule has 0 radical (unpaired) electrons. The molecular weight excluding hydrogens is 220 g/mol. The van der Waals surface area contributed by atoms with Gasteiger partial charge in [0.1, 0.15) is 5.78 Å². The summed E-state index contributed by atoms with van der Waals surface area (Å²) in [5.41, 5.74) is 1.37. The molecule has 1 aliphatic rings. The molecule has 0 saturated heterocycles. The Bertz CT molecular complexity index is 561. The van der Waals surface area contributed by atoms with Crippen LogP contribution < -0.4 is 0 Å². The van der Waals surface area contributed by atoms with Crippen LogP contribution in [0.2, 0.25) is 0 Å². The highest BCUT2D eigenvalue weighted by atomic mass is 16.1. The second-order valence-electron chi connectivity index (χ2n) is 5.23. The minimum Gasteiger partial charge on any atom is -0.299 e. The summed E-state index contributed by atoms with van der Waals surface area (Å²) in [6.07, 6.45) is 5.03. The van der Waals surface area contributed by atoms with Gasteiger partial charge in [0, 0.05) is 12.3 Å². The average molecular weight is 238 g/mol. The monoisotopic (exact) mass is 238 g/mol. The normalized spacial score (nSPS) is 14.9. The van der Waals surface area contributed by atoms with Crippen LogP contribution in [0.3, 0.4) is 0 Å². The number of rotatable bonds is 5. The van der Waals surface area contributed by atoms with E-state index >= 15 is 0 Å². The Hall–Kier alpha value is -1.63. The smallest absolute Gasteiger partial charge is 0.135 e. The topological polar surface area (TPSA) is 17.1 Å². The van der Waals surface area contributed by atoms with E-state index in [1.165, 1.54) is 16.3 Å². The Morgan fingerprint density at radius 2 is 1.83 bits per heavy atom. The summed E-state index contributed by atoms with van der Waals surface area (Å²) in [5, 5.41) is 2.63. The Balaban J connectivity index is 1.68. The largest absolute Gasteiger partial charge is 0.299 e. The number of aryl methyl sites for hydroxylation is 1. The van der Waals surface area contributed by atoms with Crippen molar-refractivity contribution in [3.8, 4) is 0 Å². The molecule has 0 spiro atoms. The van der Waals surface area contributed by atoms with E-state index in [2.05, 4.69) is 42.5 Å². The van der Waals surface area contributed by atoms with Gasteiger partial charge in [0.15, 0.2) is 0 Å². The van der Waals surface area contributed by atoms with Gasteiger partial charge in [-0.1, -0.05) is 42.5 Å². The van der Waals surface area contributed by atoms with Gasteiger partial charge in [-0.15, -0.1) is 0 Å². The zero-order valence-corrected chi connectivity index (χ0v) is 10.6. The summed E-state index contributed by atoms with van der Waals surface area (Å²) in [5.74, 6) is 0.896. The van der Waals surface area contributed by atoms with Crippen LogP contribution in [0.15, 0.2) is 42.5 Å². The van der Waals surface area contributed by atoms with Crippen molar-refractivity contribution in [2.24, 2.45) is 5.92 Å². The Morgan fingerprint density at radius 1 is 1.06 bits per heavy atom. The van der Waals surface area contributed by atoms with Crippen LogP contribution in [-0.2, 0) is 11.2 Å². The first-order chi connectivity index (χ1) is 8.84. The molecule has 1 aliphatic carbocycles. The molecule has 0 bridgehead atoms. The van der Waals surface area contributed by atoms with Crippen LogP contribution in [0.4, 0.5) is 0 Å². The Labute approximate surface area is 108 Å². The van der Waals surface area contributed by atoms with Crippen molar-refractivity contribution in [3.05, 3.63) is 48.0 Å². The van der Waals surface area contributed by atoms with E-state index in [9.17, 15) is 4.79 Å². The highest BCUT2D eigenvalue weighted by Crippen LogP contribution is 2.31. The van der Waals surface area contributed by atoms with Gasteiger partial charge >= 0.3 is 0 Å². The van der Waals surface area contributed by atoms with Crippen LogP contribution in [0.5, 0.6) is 0 Å². The van der Waals surface area contributed by atoms with E-state index < -0.39 is 0 Å². The van der Waals surface area contributed by atoms with Gasteiger partial charge in [-0.25, -0.2) is 0 Å². The summed E-state index contributed by atoms with van der Waals surface area (Å²) < 4.78 is 0. The molecule has 0 atom stereocenters. The molecule has 0 amide bonds. The lowest BCUT2D eigenvalue weighted by Crippen LogP contribution is -2.00. The lowest BCUT2D eigenvalue weighted by atomic mass is 9.99. The number of fused-ring (bicyclic) bond motifs is 1. The number of ketones is 1. The molecule has 0 aliphatic heterocycles. The number of hydrogen-bond acceptors (Lipinski definition) is 1. The van der Waals surface area contributed by atoms with Crippen LogP contribution in [0.1, 0.15) is 31.2 Å². The summed E-state index contributed by atoms with van der Waals surface area (Å²) >= 11 is 0. The third-order valence-corrected chi connectivity index (χ3v) is 3.78. The highest BCUT2D eigenvalue weighted by molar-refractivity contribution is 5.86. The van der Waals surface area contributed by atoms with Crippen molar-refractivity contribution < 1.29 is 4.79 Å². The zero-order valence-electron chi connectivity index (χ0n) is 10.6. The second kappa shape index (κ2) is 4.93. The van der Waals surface area contributed by atoms with E-state index in [-0.39, 0.29) is 0 Å². The van der Waals surface area contributed by atoms with Crippen molar-refractivity contribution in [1.29, 1.82) is 0 Å². The molecule has 92 valence electrons. The number of Topliss-reactive ketones (excluding diaryl/α,β-unsaturated/α-hetero) is 1. The average Bonchev–Trinajstić information content (AvgIpc) is 3.23. The van der Waals surface area contributed by atoms with E-state index in [4.69, 9.17) is 0 Å². The Kier molecular flexibility index (Phi) is 3.14. The minimum absolute atomic E-state index is 0.414. The lowest BCUT2D eigenvalue weighted by Gasteiger charge is -2.06. The van der Waals surface area contributed by atoms with Crippen LogP contribution in [-0.4, -0.2) is 5.78 Å². The number of carbonyl (C=O) groups is 1. The standard InChI is InChI=1S/C17H18O/c18-17(15-11-12-15)10-4-8-14-7-3-6-13-5-1-2-9-16(13)14/h1-3,5-7,9,15H,4,8,10-12H2. The maximum Gasteiger partial charge on any atom is 0.135 e. The van der Waals surface area contributed by atoms with E-state index in [0.717, 1.165) is 32.1 Å². The quantitative estimate of drug-likeness (QED) is 0.765. The molecule has 1 saturated carbocycles. The zero-order chi connectivity index (χ0) is 12.4. The summed E-state index contributed by atoms with van der Waals surface area (Å²) in [6.45, 7) is 0. The van der Waals surface area contributed by atoms with E-state index in [1.807, 2.05) is 0 Å². The van der Waals surface area contributed by atoms with Gasteiger partial charge in [0.2, 0.25) is 0 Å². The first-order valence-corrected chi connectivity index (χ1v) is 6.84. The minimum atomic E-state index is 0.414. The van der Waals surface area contributed by atoms with E-state index in [1.54, 1.807) is 0 Å². The van der Waals surface area contributed by atoms with Gasteiger partial charge < -0.3 is 0 Å². The highest BCUT2D eigenvalue weighted by Gasteiger charge is 2.28. The first kappa shape index (κ1) is 11.5. The van der Waals surface area contributed by atoms with Crippen LogP contribution in [0.25, 0.3) is 10.8 Å². The third-order valence-electron chi connectivity index (χ3n) is 3.78. The van der Waals surface area contributed by atoms with Crippen molar-refractivity contribution >= 4 is 16.6 Å². The molecule has 2 aromatic rings. The lowest BCUT2D eigenvalue weighted by molar-refractivity contribution is -0.120. The number of carbonyl (C=O) groups excluding carboxylic acids is 1. The van der Waals surface area contributed by atoms with Crippen molar-refractivity contribution in [1.82, 2.24) is 0 Å². The van der Waals surface area contributed by atoms with Crippen LogP contribution >= 0.6 is 0 Å². The van der Waals surface area contributed by atoms with Gasteiger partial charge in [0.05, 0.1) is 0 Å². The van der Waals surface area contributed by atoms with Gasteiger partial charge in [-0.2, -0.15) is 0 Å². The van der Waals surface area contributed by atoms with Crippen molar-refractivity contribution in [3.63, 3.8) is 0 Å². The Morgan fingerprint density at radius 3 is 2.67 bits per heavy atom. The van der Waals surface area contributed by atoms with Gasteiger partial charge in [0.25, 0.3) is 0 Å². The van der Waals surface area contributed by atoms with Crippen molar-refractivity contribution in [2.45, 2.75) is 32.1 Å². The molecule has 1 fully saturated rings. The maximum atomic E-state index is 11.7. The molecule has 3 rings (SSSR count). The fourth-order valence-corrected chi connectivity index (χ4v) is 2.57. The molecule has 0 N–H and O–H groups in total. The predicted molar refractivity (Wildman–Crippen MR) is 74.6 cm³/mol. The summed E-state index contributed by atoms with van der Waals surface area (Å²) in [7, 11) is 0. The fraction of sp³-hybridized carbons (Fsp3) is 0.353. The molecular formula is C17H18O. The number of hydrogen-bond donors (Lipinski definition) is 0. The fourth-order valence-electron chi connectivity index (χ4n) is 2.57. The molecule has 18 heavy (non-hydrogen) atoms. The predicted octanol–water partition coefficient (Wildman–Crippen LogP) is 4.14. The van der Waals surface area contributed by atoms with Gasteiger partial charge in [-0.05, 0) is 42.0 Å². The molecule has 2 aromatic carbocycles. The second-order valence-corrected chi connectivity index (χ2v) is 5.23. The number of benzene rings is 2. The van der Waals surface area contributed by atoms with Crippen molar-refractivity contribution in [2.75, 3.05) is 0 Å². The molecule has 0 aromatic heterocycles. The SMILES string of the molecule is O=C(CCCc1cccc2ccccc12)C1CC1. The summed E-state index contributed by atoms with van der Waals surface area (Å²) in [6, 6.07) is 14.9. The molecule has 0 heterocycles. The molecule has 1 heteroatoms. The van der Waals surface area contributed by atoms with Gasteiger partial charge in [-0.3, -0.25) is 4.79 Å². The third kappa shape index (κ3) is 2.45. The maximum absolute atomic E-state index is 11.7. The summed E-state index contributed by atoms with van der Waals surface area (Å²) in [4.78, 5) is 11.7. The van der Waals surface area contributed by atoms with Crippen LogP contribution in [0, 0.1) is 5.92 Å².